The minimum absolute atomic E-state index is 0.0171. The fourth-order valence-corrected chi connectivity index (χ4v) is 7.61. The number of nitrogens with one attached hydrogen (secondary N) is 1. The molecule has 0 saturated heterocycles. The Morgan fingerprint density at radius 1 is 1.14 bits per heavy atom. The number of alkyl halides is 1. The zero-order chi connectivity index (χ0) is 35.8. The summed E-state index contributed by atoms with van der Waals surface area (Å²) in [5.41, 5.74) is 5.98. The van der Waals surface area contributed by atoms with E-state index in [9.17, 15) is 34.1 Å². The van der Waals surface area contributed by atoms with Crippen LogP contribution < -0.4 is 15.8 Å². The van der Waals surface area contributed by atoms with Crippen LogP contribution in [0.1, 0.15) is 97.6 Å². The first-order chi connectivity index (χ1) is 23.2. The number of nitro groups is 1. The smallest absolute Gasteiger partial charge is 0.433 e. The molecule has 1 heterocycles. The van der Waals surface area contributed by atoms with Gasteiger partial charge in [-0.2, -0.15) is 4.67 Å². The molecule has 1 aliphatic rings. The quantitative estimate of drug-likeness (QED) is 0.0401. The summed E-state index contributed by atoms with van der Waals surface area (Å²) in [4.78, 5) is 56.8. The largest absolute Gasteiger partial charge is 0.492 e. The highest BCUT2D eigenvalue weighted by atomic mass is 35.5. The lowest BCUT2D eigenvalue weighted by molar-refractivity contribution is -0.402. The number of unbranched alkanes of at least 4 members (excludes halogenated alkanes) is 1. The van der Waals surface area contributed by atoms with Crippen LogP contribution in [0.15, 0.2) is 59.0 Å². The van der Waals surface area contributed by atoms with Crippen LogP contribution in [0, 0.1) is 16.0 Å². The molecule has 2 amide bonds. The van der Waals surface area contributed by atoms with Crippen molar-refractivity contribution in [2.24, 2.45) is 11.7 Å². The first-order valence-electron chi connectivity index (χ1n) is 16.3. The summed E-state index contributed by atoms with van der Waals surface area (Å²) < 4.78 is 25.2. The molecule has 1 aliphatic carbocycles. The summed E-state index contributed by atoms with van der Waals surface area (Å²) in [6.45, 7) is 3.76. The van der Waals surface area contributed by atoms with Crippen LogP contribution in [0.25, 0.3) is 0 Å². The molecule has 3 aromatic rings. The normalized spacial score (nSPS) is 15.8. The van der Waals surface area contributed by atoms with Gasteiger partial charge in [0.25, 0.3) is 5.91 Å². The monoisotopic (exact) mass is 718 g/mol. The summed E-state index contributed by atoms with van der Waals surface area (Å²) in [7, 11) is -4.93. The van der Waals surface area contributed by atoms with Gasteiger partial charge in [0.1, 0.15) is 22.0 Å². The van der Waals surface area contributed by atoms with E-state index >= 15 is 0 Å². The third kappa shape index (κ3) is 9.70. The second-order valence-electron chi connectivity index (χ2n) is 12.6. The van der Waals surface area contributed by atoms with Crippen molar-refractivity contribution in [1.29, 1.82) is 0 Å². The Hall–Kier alpha value is -3.74. The van der Waals surface area contributed by atoms with Gasteiger partial charge >= 0.3 is 13.6 Å². The average molecular weight is 719 g/mol. The second kappa shape index (κ2) is 16.8. The number of halogens is 1. The number of ether oxygens (including phenoxy) is 1. The lowest BCUT2D eigenvalue weighted by Gasteiger charge is -2.40. The van der Waals surface area contributed by atoms with Crippen LogP contribution in [0.5, 0.6) is 5.75 Å². The predicted molar refractivity (Wildman–Crippen MR) is 184 cm³/mol. The minimum atomic E-state index is -4.93. The van der Waals surface area contributed by atoms with E-state index in [-0.39, 0.29) is 30.2 Å². The maximum absolute atomic E-state index is 13.1. The van der Waals surface area contributed by atoms with Crippen LogP contribution in [-0.2, 0) is 21.3 Å². The number of hydrogen-bond donors (Lipinski definition) is 4. The van der Waals surface area contributed by atoms with Crippen molar-refractivity contribution in [3.05, 3.63) is 92.7 Å². The number of carbonyl (C=O) groups excluding carboxylic acids is 2. The van der Waals surface area contributed by atoms with E-state index in [1.165, 1.54) is 32.3 Å². The highest BCUT2D eigenvalue weighted by Gasteiger charge is 2.47. The van der Waals surface area contributed by atoms with E-state index in [0.29, 0.717) is 53.7 Å². The molecule has 1 fully saturated rings. The third-order valence-electron chi connectivity index (χ3n) is 9.06. The minimum Gasteiger partial charge on any atom is -0.492 e. The second-order valence-corrected chi connectivity index (χ2v) is 14.5. The number of carbonyl (C=O) groups is 2. The molecule has 4 rings (SSSR count). The van der Waals surface area contributed by atoms with Gasteiger partial charge in [-0.3, -0.25) is 19.7 Å². The number of nitrogens with zero attached hydrogens (tertiary/aromatic N) is 2. The van der Waals surface area contributed by atoms with Crippen molar-refractivity contribution in [3.8, 4) is 5.75 Å². The number of primary amides is 1. The predicted octanol–water partition coefficient (Wildman–Crippen LogP) is 6.34. The van der Waals surface area contributed by atoms with Crippen molar-refractivity contribution < 1.29 is 38.0 Å². The van der Waals surface area contributed by atoms with Gasteiger partial charge in [-0.15, -0.1) is 11.6 Å². The summed E-state index contributed by atoms with van der Waals surface area (Å²) in [6.07, 6.45) is 6.62. The molecule has 0 radical (unpaired) electrons. The molecule has 1 saturated carbocycles. The van der Waals surface area contributed by atoms with E-state index in [0.717, 1.165) is 23.6 Å². The SMILES string of the molecule is CC(NC(=O)Cc1ccc(C(C)(c2ccc([N+](=O)[O-])o2)N(CCCCCl)P(=O)(O)O)cc1)c1ccc(OCC2CCCCC2)c(C(N)=O)c1. The molecule has 1 aromatic heterocycles. The van der Waals surface area contributed by atoms with Crippen LogP contribution in [0.2, 0.25) is 0 Å². The molecule has 2 unspecified atom stereocenters. The fraction of sp³-hybridized carbons (Fsp3) is 0.471. The number of hydrogen-bond acceptors (Lipinski definition) is 7. The van der Waals surface area contributed by atoms with E-state index in [4.69, 9.17) is 26.5 Å². The van der Waals surface area contributed by atoms with Crippen LogP contribution in [0.3, 0.4) is 0 Å². The van der Waals surface area contributed by atoms with Gasteiger partial charge in [0.2, 0.25) is 5.91 Å². The summed E-state index contributed by atoms with van der Waals surface area (Å²) >= 11 is 5.81. The number of amides is 2. The van der Waals surface area contributed by atoms with E-state index in [1.54, 1.807) is 49.4 Å². The molecule has 2 atom stereocenters. The van der Waals surface area contributed by atoms with Crippen LogP contribution in [0.4, 0.5) is 5.88 Å². The summed E-state index contributed by atoms with van der Waals surface area (Å²) in [5, 5.41) is 14.3. The Morgan fingerprint density at radius 3 is 2.43 bits per heavy atom. The van der Waals surface area contributed by atoms with Crippen LogP contribution in [-0.4, -0.2) is 50.2 Å². The lowest BCUT2D eigenvalue weighted by atomic mass is 9.88. The van der Waals surface area contributed by atoms with E-state index in [1.807, 2.05) is 0 Å². The van der Waals surface area contributed by atoms with E-state index in [2.05, 4.69) is 5.32 Å². The van der Waals surface area contributed by atoms with Gasteiger partial charge in [0.05, 0.1) is 30.7 Å². The molecular weight excluding hydrogens is 675 g/mol. The van der Waals surface area contributed by atoms with E-state index < -0.39 is 36.0 Å². The van der Waals surface area contributed by atoms with Crippen molar-refractivity contribution in [3.63, 3.8) is 0 Å². The van der Waals surface area contributed by atoms with Crippen molar-refractivity contribution in [2.45, 2.75) is 76.8 Å². The molecule has 5 N–H and O–H groups in total. The van der Waals surface area contributed by atoms with Gasteiger partial charge in [0.15, 0.2) is 0 Å². The Bertz CT molecular complexity index is 1660. The standard InChI is InChI=1S/C34H44ClN4O9P/c1-23(26-12-15-29(28(21-26)33(36)41)47-22-25-8-4-3-5-9-25)37-31(40)20-24-10-13-27(14-11-24)34(2,30-16-17-32(48-30)39(42)43)38(49(44,45)46)19-7-6-18-35/h10-17,21,23,25H,3-9,18-20,22H2,1-2H3,(H2,36,41)(H,37,40)(H2,44,45,46). The molecule has 49 heavy (non-hydrogen) atoms. The zero-order valence-electron chi connectivity index (χ0n) is 27.7. The van der Waals surface area contributed by atoms with Crippen molar-refractivity contribution >= 4 is 37.0 Å². The molecule has 2 aromatic carbocycles. The van der Waals surface area contributed by atoms with Gasteiger partial charge < -0.3 is 30.0 Å². The highest BCUT2D eigenvalue weighted by Crippen LogP contribution is 2.52. The topological polar surface area (TPSA) is 198 Å². The molecule has 15 heteroatoms. The Labute approximate surface area is 290 Å². The molecule has 0 bridgehead atoms. The highest BCUT2D eigenvalue weighted by molar-refractivity contribution is 7.49. The number of benzene rings is 2. The number of nitrogens with two attached hydrogens (primary N) is 1. The maximum atomic E-state index is 13.1. The fourth-order valence-electron chi connectivity index (χ4n) is 6.28. The molecule has 0 spiro atoms. The van der Waals surface area contributed by atoms with Gasteiger partial charge in [-0.25, -0.2) is 4.57 Å². The average Bonchev–Trinajstić information content (AvgIpc) is 3.57. The zero-order valence-corrected chi connectivity index (χ0v) is 29.3. The maximum Gasteiger partial charge on any atom is 0.433 e. The van der Waals surface area contributed by atoms with Gasteiger partial charge in [-0.1, -0.05) is 49.6 Å². The Morgan fingerprint density at radius 2 is 1.84 bits per heavy atom. The molecule has 266 valence electrons. The first-order valence-corrected chi connectivity index (χ1v) is 18.4. The molecular formula is C34H44ClN4O9P. The number of rotatable bonds is 17. The Kier molecular flexibility index (Phi) is 13.0. The first kappa shape index (κ1) is 38.1. The summed E-state index contributed by atoms with van der Waals surface area (Å²) in [6, 6.07) is 13.6. The summed E-state index contributed by atoms with van der Waals surface area (Å²) in [5.74, 6) is -0.360. The van der Waals surface area contributed by atoms with Crippen molar-refractivity contribution in [2.75, 3.05) is 19.0 Å². The Balaban J connectivity index is 1.49. The van der Waals surface area contributed by atoms with Crippen LogP contribution >= 0.6 is 19.3 Å². The lowest BCUT2D eigenvalue weighted by Crippen LogP contribution is -2.43. The number of furan rings is 1. The molecule has 0 aliphatic heterocycles. The third-order valence-corrected chi connectivity index (χ3v) is 10.6. The van der Waals surface area contributed by atoms with Crippen molar-refractivity contribution in [1.82, 2.24) is 9.99 Å². The van der Waals surface area contributed by atoms with Gasteiger partial charge in [-0.05, 0) is 80.3 Å². The molecule has 13 nitrogen and oxygen atoms in total. The van der Waals surface area contributed by atoms with Gasteiger partial charge in [0, 0.05) is 12.4 Å².